The summed E-state index contributed by atoms with van der Waals surface area (Å²) in [4.78, 5) is 11.2. The van der Waals surface area contributed by atoms with Gasteiger partial charge in [0.1, 0.15) is 6.07 Å². The fourth-order valence-electron chi connectivity index (χ4n) is 0.714. The molecule has 0 saturated heterocycles. The zero-order valence-electron chi connectivity index (χ0n) is 6.69. The molecule has 1 heterocycles. The first-order valence-electron chi connectivity index (χ1n) is 3.26. The summed E-state index contributed by atoms with van der Waals surface area (Å²) in [5.74, 6) is -0.624. The molecule has 0 unspecified atom stereocenters. The second-order valence-electron chi connectivity index (χ2n) is 2.09. The third kappa shape index (κ3) is 2.03. The summed E-state index contributed by atoms with van der Waals surface area (Å²) in [6.45, 7) is -0.281. The van der Waals surface area contributed by atoms with Gasteiger partial charge in [0.15, 0.2) is 16.9 Å². The molecule has 1 aromatic rings. The van der Waals surface area contributed by atoms with Crippen LogP contribution in [-0.2, 0) is 11.8 Å². The van der Waals surface area contributed by atoms with Crippen LogP contribution in [0.2, 0.25) is 0 Å². The van der Waals surface area contributed by atoms with Crippen LogP contribution in [0, 0.1) is 11.3 Å². The quantitative estimate of drug-likeness (QED) is 0.698. The Balaban J connectivity index is 2.83. The number of rotatable bonds is 2. The fraction of sp³-hybridized carbons (Fsp3) is 0.333. The number of aryl methyl sites for hydroxylation is 1. The smallest absolute Gasteiger partial charge is 0.360 e. The molecule has 0 amide bonds. The van der Waals surface area contributed by atoms with Crippen LogP contribution < -0.4 is 0 Å². The van der Waals surface area contributed by atoms with Crippen molar-refractivity contribution in [2.75, 3.05) is 6.61 Å². The number of ether oxygens (including phenoxy) is 1. The number of nitriles is 1. The zero-order valence-corrected chi connectivity index (χ0v) is 8.28. The van der Waals surface area contributed by atoms with E-state index in [1.54, 1.807) is 13.1 Å². The molecular formula is C6H5BrN4O2. The van der Waals surface area contributed by atoms with Gasteiger partial charge in [-0.3, -0.25) is 0 Å². The predicted molar refractivity (Wildman–Crippen MR) is 44.6 cm³/mol. The molecule has 0 atom stereocenters. The minimum Gasteiger partial charge on any atom is -0.445 e. The first kappa shape index (κ1) is 9.67. The molecule has 0 saturated carbocycles. The lowest BCUT2D eigenvalue weighted by Crippen LogP contribution is -2.11. The van der Waals surface area contributed by atoms with Gasteiger partial charge in [-0.1, -0.05) is 5.21 Å². The molecule has 0 fully saturated rings. The SMILES string of the molecule is Cn1nnc(Br)c1C(=O)OCC#N. The van der Waals surface area contributed by atoms with Gasteiger partial charge in [0.05, 0.1) is 0 Å². The maximum absolute atomic E-state index is 11.2. The van der Waals surface area contributed by atoms with E-state index in [9.17, 15) is 4.79 Å². The monoisotopic (exact) mass is 244 g/mol. The van der Waals surface area contributed by atoms with E-state index < -0.39 is 5.97 Å². The molecule has 1 aromatic heterocycles. The highest BCUT2D eigenvalue weighted by molar-refractivity contribution is 9.10. The Morgan fingerprint density at radius 1 is 1.85 bits per heavy atom. The normalized spacial score (nSPS) is 9.31. The third-order valence-corrected chi connectivity index (χ3v) is 1.78. The Morgan fingerprint density at radius 2 is 2.54 bits per heavy atom. The maximum Gasteiger partial charge on any atom is 0.360 e. The molecule has 6 nitrogen and oxygen atoms in total. The highest BCUT2D eigenvalue weighted by Gasteiger charge is 2.17. The Labute approximate surface area is 82.2 Å². The van der Waals surface area contributed by atoms with Crippen LogP contribution in [0.3, 0.4) is 0 Å². The summed E-state index contributed by atoms with van der Waals surface area (Å²) in [5, 5.41) is 15.3. The molecule has 0 aromatic carbocycles. The molecule has 0 aliphatic rings. The van der Waals surface area contributed by atoms with Crippen molar-refractivity contribution in [1.29, 1.82) is 5.26 Å². The number of hydrogen-bond acceptors (Lipinski definition) is 5. The standard InChI is InChI=1S/C6H5BrN4O2/c1-11-4(5(7)9-10-11)6(12)13-3-2-8/h3H2,1H3. The van der Waals surface area contributed by atoms with Gasteiger partial charge in [-0.25, -0.2) is 9.48 Å². The number of carbonyl (C=O) groups excluding carboxylic acids is 1. The van der Waals surface area contributed by atoms with Crippen molar-refractivity contribution < 1.29 is 9.53 Å². The van der Waals surface area contributed by atoms with E-state index in [1.807, 2.05) is 0 Å². The van der Waals surface area contributed by atoms with Crippen molar-refractivity contribution in [3.63, 3.8) is 0 Å². The van der Waals surface area contributed by atoms with Gasteiger partial charge in [0.2, 0.25) is 0 Å². The lowest BCUT2D eigenvalue weighted by molar-refractivity contribution is 0.0541. The van der Waals surface area contributed by atoms with Crippen LogP contribution in [0.25, 0.3) is 0 Å². The van der Waals surface area contributed by atoms with Crippen molar-refractivity contribution in [3.05, 3.63) is 10.3 Å². The zero-order chi connectivity index (χ0) is 9.84. The van der Waals surface area contributed by atoms with Crippen LogP contribution in [0.1, 0.15) is 10.5 Å². The summed E-state index contributed by atoms with van der Waals surface area (Å²) >= 11 is 3.03. The average molecular weight is 245 g/mol. The Kier molecular flexibility index (Phi) is 2.97. The minimum absolute atomic E-state index is 0.190. The van der Waals surface area contributed by atoms with Crippen LogP contribution >= 0.6 is 15.9 Å². The topological polar surface area (TPSA) is 80.8 Å². The van der Waals surface area contributed by atoms with Gasteiger partial charge in [0.25, 0.3) is 0 Å². The van der Waals surface area contributed by atoms with Gasteiger partial charge in [0, 0.05) is 7.05 Å². The summed E-state index contributed by atoms with van der Waals surface area (Å²) < 4.78 is 6.14. The molecule has 0 spiro atoms. The molecule has 0 radical (unpaired) electrons. The molecule has 0 bridgehead atoms. The second-order valence-corrected chi connectivity index (χ2v) is 2.84. The molecule has 0 N–H and O–H groups in total. The van der Waals surface area contributed by atoms with E-state index in [0.717, 1.165) is 0 Å². The van der Waals surface area contributed by atoms with E-state index >= 15 is 0 Å². The Morgan fingerprint density at radius 3 is 3.00 bits per heavy atom. The highest BCUT2D eigenvalue weighted by atomic mass is 79.9. The molecule has 68 valence electrons. The largest absolute Gasteiger partial charge is 0.445 e. The summed E-state index contributed by atoms with van der Waals surface area (Å²) in [5.41, 5.74) is 0.190. The second kappa shape index (κ2) is 4.00. The Bertz CT molecular complexity index is 348. The molecule has 0 aliphatic heterocycles. The fourth-order valence-corrected chi connectivity index (χ4v) is 1.20. The van der Waals surface area contributed by atoms with Crippen molar-refractivity contribution in [2.24, 2.45) is 7.05 Å². The molecular weight excluding hydrogens is 240 g/mol. The highest BCUT2D eigenvalue weighted by Crippen LogP contribution is 2.12. The van der Waals surface area contributed by atoms with Crippen molar-refractivity contribution >= 4 is 21.9 Å². The van der Waals surface area contributed by atoms with Gasteiger partial charge in [-0.2, -0.15) is 5.26 Å². The number of carbonyl (C=O) groups is 1. The van der Waals surface area contributed by atoms with Crippen molar-refractivity contribution in [2.45, 2.75) is 0 Å². The summed E-state index contributed by atoms with van der Waals surface area (Å²) in [6, 6.07) is 1.69. The number of esters is 1. The van der Waals surface area contributed by atoms with E-state index in [4.69, 9.17) is 5.26 Å². The minimum atomic E-state index is -0.624. The van der Waals surface area contributed by atoms with Gasteiger partial charge in [-0.05, 0) is 15.9 Å². The Hall–Kier alpha value is -1.42. The van der Waals surface area contributed by atoms with Crippen molar-refractivity contribution in [1.82, 2.24) is 15.0 Å². The van der Waals surface area contributed by atoms with E-state index in [1.165, 1.54) is 4.68 Å². The molecule has 7 heteroatoms. The number of hydrogen-bond donors (Lipinski definition) is 0. The first-order chi connectivity index (χ1) is 6.16. The van der Waals surface area contributed by atoms with E-state index in [-0.39, 0.29) is 12.3 Å². The lowest BCUT2D eigenvalue weighted by Gasteiger charge is -1.99. The predicted octanol–water partition coefficient (Wildman–Crippen LogP) is 0.258. The molecule has 0 aliphatic carbocycles. The van der Waals surface area contributed by atoms with Crippen LogP contribution in [0.4, 0.5) is 0 Å². The van der Waals surface area contributed by atoms with Crippen LogP contribution in [-0.4, -0.2) is 27.6 Å². The summed E-state index contributed by atoms with van der Waals surface area (Å²) in [7, 11) is 1.56. The average Bonchev–Trinajstić information content (AvgIpc) is 2.42. The maximum atomic E-state index is 11.2. The van der Waals surface area contributed by atoms with E-state index in [0.29, 0.717) is 4.60 Å². The lowest BCUT2D eigenvalue weighted by atomic mass is 10.5. The number of halogens is 1. The van der Waals surface area contributed by atoms with Gasteiger partial charge >= 0.3 is 5.97 Å². The van der Waals surface area contributed by atoms with Crippen LogP contribution in [0.15, 0.2) is 4.60 Å². The summed E-state index contributed by atoms with van der Waals surface area (Å²) in [6.07, 6.45) is 0. The van der Waals surface area contributed by atoms with E-state index in [2.05, 4.69) is 31.0 Å². The number of nitrogens with zero attached hydrogens (tertiary/aromatic N) is 4. The molecule has 1 rings (SSSR count). The third-order valence-electron chi connectivity index (χ3n) is 1.25. The van der Waals surface area contributed by atoms with Crippen LogP contribution in [0.5, 0.6) is 0 Å². The van der Waals surface area contributed by atoms with Gasteiger partial charge in [-0.15, -0.1) is 5.10 Å². The number of aromatic nitrogens is 3. The first-order valence-corrected chi connectivity index (χ1v) is 4.05. The molecule has 13 heavy (non-hydrogen) atoms. The van der Waals surface area contributed by atoms with Crippen molar-refractivity contribution in [3.8, 4) is 6.07 Å². The van der Waals surface area contributed by atoms with Gasteiger partial charge < -0.3 is 4.74 Å².